The number of piperidine rings is 2. The average molecular weight is 799 g/mol. The molecule has 56 heavy (non-hydrogen) atoms. The molecular formula is C47H100FN7O. The third-order valence-electron chi connectivity index (χ3n) is 12.4. The third kappa shape index (κ3) is 31.5. The summed E-state index contributed by atoms with van der Waals surface area (Å²) < 4.78 is 20.2. The van der Waals surface area contributed by atoms with E-state index in [9.17, 15) is 4.39 Å². The van der Waals surface area contributed by atoms with E-state index >= 15 is 0 Å². The molecule has 6 atom stereocenters. The van der Waals surface area contributed by atoms with E-state index in [0.717, 1.165) is 62.8 Å². The van der Waals surface area contributed by atoms with Gasteiger partial charge in [0.25, 0.3) is 0 Å². The van der Waals surface area contributed by atoms with Crippen LogP contribution in [-0.2, 0) is 0 Å². The Morgan fingerprint density at radius 1 is 0.607 bits per heavy atom. The smallest absolute Gasteiger partial charge is 0.120 e. The van der Waals surface area contributed by atoms with Gasteiger partial charge < -0.3 is 37.0 Å². The Labute approximate surface area is 350 Å². The quantitative estimate of drug-likeness (QED) is 0.150. The summed E-state index contributed by atoms with van der Waals surface area (Å²) in [6.45, 7) is 30.5. The summed E-state index contributed by atoms with van der Waals surface area (Å²) in [6, 6.07) is 1.98. The second kappa shape index (κ2) is 33.3. The minimum absolute atomic E-state index is 0.306. The van der Waals surface area contributed by atoms with Crippen LogP contribution in [0.5, 0.6) is 0 Å². The molecule has 1 saturated carbocycles. The van der Waals surface area contributed by atoms with Crippen LogP contribution in [0.2, 0.25) is 0 Å². The molecule has 7 N–H and O–H groups in total. The summed E-state index contributed by atoms with van der Waals surface area (Å²) in [7, 11) is 0. The van der Waals surface area contributed by atoms with Crippen LogP contribution in [0.1, 0.15) is 186 Å². The number of rotatable bonds is 2. The highest BCUT2D eigenvalue weighted by atomic mass is 19.1. The Kier molecular flexibility index (Phi) is 30.8. The number of β-amino-alcohol motifs (C(OH)–C–C–N with tert-alkyl or cyclic N) is 1. The van der Waals surface area contributed by atoms with Crippen LogP contribution in [0, 0.1) is 11.8 Å². The lowest BCUT2D eigenvalue weighted by atomic mass is 9.91. The molecule has 1 aliphatic carbocycles. The second-order valence-corrected chi connectivity index (χ2v) is 19.4. The molecule has 0 amide bonds. The normalized spacial score (nSPS) is 33.9. The van der Waals surface area contributed by atoms with Crippen molar-refractivity contribution in [1.82, 2.24) is 36.8 Å². The van der Waals surface area contributed by atoms with Gasteiger partial charge >= 0.3 is 0 Å². The van der Waals surface area contributed by atoms with Gasteiger partial charge in [-0.05, 0) is 196 Å². The van der Waals surface area contributed by atoms with Crippen molar-refractivity contribution in [1.29, 1.82) is 0 Å². The van der Waals surface area contributed by atoms with Gasteiger partial charge in [0.1, 0.15) is 5.67 Å². The summed E-state index contributed by atoms with van der Waals surface area (Å²) in [5.74, 6) is 1.97. The number of nitrogens with one attached hydrogen (secondary N) is 6. The first kappa shape index (κ1) is 51.8. The zero-order chi connectivity index (χ0) is 42.4. The molecule has 8 rings (SSSR count). The van der Waals surface area contributed by atoms with Gasteiger partial charge in [-0.15, -0.1) is 0 Å². The van der Waals surface area contributed by atoms with Crippen LogP contribution >= 0.6 is 0 Å². The fourth-order valence-electron chi connectivity index (χ4n) is 8.25. The van der Waals surface area contributed by atoms with Crippen molar-refractivity contribution < 1.29 is 10.9 Å². The maximum absolute atomic E-state index is 12.8. The molecule has 0 aromatic carbocycles. The van der Waals surface area contributed by atoms with Crippen molar-refractivity contribution in [3.63, 3.8) is 0 Å². The van der Waals surface area contributed by atoms with Gasteiger partial charge in [0.2, 0.25) is 0 Å². The van der Waals surface area contributed by atoms with Crippen molar-refractivity contribution in [3.05, 3.63) is 0 Å². The molecule has 7 saturated heterocycles. The summed E-state index contributed by atoms with van der Waals surface area (Å²) in [5.41, 5.74) is -0.488. The molecule has 0 aromatic heterocycles. The van der Waals surface area contributed by atoms with E-state index < -0.39 is 5.67 Å². The molecule has 8 aliphatic rings. The predicted molar refractivity (Wildman–Crippen MR) is 244 cm³/mol. The maximum atomic E-state index is 12.8. The van der Waals surface area contributed by atoms with Gasteiger partial charge in [-0.2, -0.15) is 0 Å². The van der Waals surface area contributed by atoms with E-state index in [2.05, 4.69) is 85.3 Å². The number of hydrogen-bond acceptors (Lipinski definition) is 8. The number of hydrogen-bond donors (Lipinski definition) is 7. The van der Waals surface area contributed by atoms with E-state index in [-0.39, 0.29) is 6.02 Å². The van der Waals surface area contributed by atoms with Crippen LogP contribution < -0.4 is 31.9 Å². The van der Waals surface area contributed by atoms with E-state index in [4.69, 9.17) is 6.48 Å². The molecule has 7 heterocycles. The molecule has 8 nitrogen and oxygen atoms in total. The molecular weight excluding hydrogens is 698 g/mol. The molecule has 0 bridgehead atoms. The lowest BCUT2D eigenvalue weighted by Gasteiger charge is -2.25. The SMILES string of the molecule is CC1(C)CCCN1.CC1CCCCC1.C[C@@H]1CCCCN1.C[C@@H]1CCCN1.C[C@@H]1CCCN1CCO.C[C@@H]1CCNC1.C[C@]1(F)CCCNC1.[2H][C@@]1(C)CCCN1. The summed E-state index contributed by atoms with van der Waals surface area (Å²) >= 11 is 0. The number of halogens is 1. The summed E-state index contributed by atoms with van der Waals surface area (Å²) in [6.07, 6.45) is 24.9. The van der Waals surface area contributed by atoms with Crippen LogP contribution in [-0.4, -0.2) is 117 Å². The first-order valence-corrected chi connectivity index (χ1v) is 24.0. The van der Waals surface area contributed by atoms with Crippen LogP contribution in [0.15, 0.2) is 0 Å². The monoisotopic (exact) mass is 799 g/mol. The summed E-state index contributed by atoms with van der Waals surface area (Å²) in [4.78, 5) is 2.33. The maximum Gasteiger partial charge on any atom is 0.120 e. The van der Waals surface area contributed by atoms with Crippen molar-refractivity contribution in [2.24, 2.45) is 11.8 Å². The number of aliphatic hydroxyl groups excluding tert-OH is 1. The molecule has 0 spiro atoms. The van der Waals surface area contributed by atoms with Crippen molar-refractivity contribution in [2.45, 2.75) is 220 Å². The van der Waals surface area contributed by atoms with Crippen LogP contribution in [0.4, 0.5) is 4.39 Å². The topological polar surface area (TPSA) is 95.7 Å². The van der Waals surface area contributed by atoms with Gasteiger partial charge in [-0.25, -0.2) is 4.39 Å². The minimum Gasteiger partial charge on any atom is -0.395 e. The highest BCUT2D eigenvalue weighted by Crippen LogP contribution is 2.22. The van der Waals surface area contributed by atoms with E-state index in [0.29, 0.717) is 24.7 Å². The average Bonchev–Trinajstić information content (AvgIpc) is 4.04. The number of likely N-dealkylation sites (tertiary alicyclic amines) is 1. The highest BCUT2D eigenvalue weighted by Gasteiger charge is 2.25. The predicted octanol–water partition coefficient (Wildman–Crippen LogP) is 8.58. The molecule has 0 radical (unpaired) electrons. The Hall–Kier alpha value is -0.390. The van der Waals surface area contributed by atoms with Crippen LogP contribution in [0.3, 0.4) is 0 Å². The third-order valence-corrected chi connectivity index (χ3v) is 12.4. The van der Waals surface area contributed by atoms with Gasteiger partial charge in [-0.1, -0.05) is 52.4 Å². The minimum atomic E-state index is -0.932. The molecule has 8 fully saturated rings. The van der Waals surface area contributed by atoms with Crippen LogP contribution in [0.25, 0.3) is 0 Å². The molecule has 0 unspecified atom stereocenters. The number of alkyl halides is 1. The van der Waals surface area contributed by atoms with Gasteiger partial charge in [-0.3, -0.25) is 4.90 Å². The summed E-state index contributed by atoms with van der Waals surface area (Å²) in [5, 5.41) is 28.0. The van der Waals surface area contributed by atoms with E-state index in [1.54, 1.807) is 6.92 Å². The highest BCUT2D eigenvalue weighted by molar-refractivity contribution is 4.83. The van der Waals surface area contributed by atoms with Gasteiger partial charge in [0, 0.05) is 44.1 Å². The van der Waals surface area contributed by atoms with Crippen molar-refractivity contribution >= 4 is 0 Å². The lowest BCUT2D eigenvalue weighted by molar-refractivity contribution is 0.145. The van der Waals surface area contributed by atoms with Gasteiger partial charge in [0.15, 0.2) is 0 Å². The number of aliphatic hydroxyl groups is 1. The fraction of sp³-hybridized carbons (Fsp3) is 1.00. The van der Waals surface area contributed by atoms with E-state index in [1.807, 2.05) is 6.92 Å². The first-order valence-electron chi connectivity index (χ1n) is 24.5. The van der Waals surface area contributed by atoms with E-state index in [1.165, 1.54) is 142 Å². The molecule has 336 valence electrons. The molecule has 9 heteroatoms. The standard InChI is InChI=1S/C7H15NO.C7H14.C6H12FN.2C6H13N.3C5H11N/c1-7-3-2-4-8(7)5-6-9;1-7-5-3-2-4-6-7;1-6(7)3-2-4-8-5-6;1-6(2)4-3-5-7-6;1-6-4-2-3-5-7-6;1-5-2-3-6-4-5;2*1-5-3-2-4-6-5/h7,9H,2-6H2,1H3;7H,2-6H2,1H3;8H,2-5H2,1H3;7H,3-5H2,1-2H3;6-7H,2-5H2,1H3;3*5-6H,2-4H2,1H3/t7-;;6-;;6-;3*5-/m1.0.1111/s1/i;;;;;;5D;. The second-order valence-electron chi connectivity index (χ2n) is 19.4. The van der Waals surface area contributed by atoms with Gasteiger partial charge in [0.05, 0.1) is 6.61 Å². The molecule has 0 aromatic rings. The largest absolute Gasteiger partial charge is 0.395 e. The Morgan fingerprint density at radius 3 is 1.48 bits per heavy atom. The Morgan fingerprint density at radius 2 is 1.23 bits per heavy atom. The molecule has 7 aliphatic heterocycles. The van der Waals surface area contributed by atoms with Crippen molar-refractivity contribution in [2.75, 3.05) is 72.1 Å². The Bertz CT molecular complexity index is 830. The first-order chi connectivity index (χ1) is 27.0. The zero-order valence-electron chi connectivity index (χ0n) is 39.9. The fourth-order valence-corrected chi connectivity index (χ4v) is 8.25. The zero-order valence-corrected chi connectivity index (χ0v) is 38.9. The van der Waals surface area contributed by atoms with Crippen molar-refractivity contribution in [3.8, 4) is 0 Å². The number of nitrogens with zero attached hydrogens (tertiary/aromatic N) is 1. The Balaban J connectivity index is 0.000000327. The lowest BCUT2D eigenvalue weighted by Crippen LogP contribution is -2.39.